The highest BCUT2D eigenvalue weighted by molar-refractivity contribution is 7.99. The zero-order valence-corrected chi connectivity index (χ0v) is 11.7. The van der Waals surface area contributed by atoms with Gasteiger partial charge in [-0.05, 0) is 24.3 Å². The summed E-state index contributed by atoms with van der Waals surface area (Å²) in [5.74, 6) is 1.91. The molecule has 1 aromatic heterocycles. The fourth-order valence-electron chi connectivity index (χ4n) is 1.81. The number of thioether (sulfide) groups is 1. The van der Waals surface area contributed by atoms with Gasteiger partial charge < -0.3 is 10.4 Å². The number of nitrogens with zero attached hydrogens (tertiary/aromatic N) is 1. The van der Waals surface area contributed by atoms with Gasteiger partial charge in [0.25, 0.3) is 0 Å². The first-order valence-corrected chi connectivity index (χ1v) is 8.64. The van der Waals surface area contributed by atoms with Crippen molar-refractivity contribution in [1.82, 2.24) is 4.98 Å². The molecule has 0 saturated carbocycles. The van der Waals surface area contributed by atoms with Gasteiger partial charge in [-0.25, -0.2) is 13.4 Å². The molecule has 0 radical (unpaired) electrons. The molecule has 1 fully saturated rings. The Hall–Kier alpha value is -0.790. The molecule has 1 aliphatic heterocycles. The Morgan fingerprint density at radius 3 is 3.00 bits per heavy atom. The molecule has 1 atom stereocenters. The number of rotatable bonds is 4. The Morgan fingerprint density at radius 2 is 2.39 bits per heavy atom. The predicted molar refractivity (Wildman–Crippen MR) is 72.7 cm³/mol. The molecule has 5 nitrogen and oxygen atoms in total. The number of hydrogen-bond donors (Lipinski definition) is 2. The van der Waals surface area contributed by atoms with Crippen LogP contribution in [0.4, 0.5) is 5.82 Å². The summed E-state index contributed by atoms with van der Waals surface area (Å²) >= 11 is 1.70. The summed E-state index contributed by atoms with van der Waals surface area (Å²) in [5, 5.41) is 13.1. The van der Waals surface area contributed by atoms with E-state index >= 15 is 0 Å². The number of anilines is 1. The van der Waals surface area contributed by atoms with Gasteiger partial charge in [-0.15, -0.1) is 0 Å². The van der Waals surface area contributed by atoms with Crippen LogP contribution >= 0.6 is 11.8 Å². The summed E-state index contributed by atoms with van der Waals surface area (Å²) in [5.41, 5.74) is -0.767. The van der Waals surface area contributed by atoms with E-state index in [2.05, 4.69) is 10.3 Å². The molecule has 0 spiro atoms. The molecule has 7 heteroatoms. The lowest BCUT2D eigenvalue weighted by molar-refractivity contribution is 0.0818. The van der Waals surface area contributed by atoms with E-state index in [1.165, 1.54) is 12.3 Å². The fourth-order valence-corrected chi connectivity index (χ4v) is 3.90. The topological polar surface area (TPSA) is 79.3 Å². The van der Waals surface area contributed by atoms with Crippen molar-refractivity contribution in [2.75, 3.05) is 29.6 Å². The van der Waals surface area contributed by atoms with Gasteiger partial charge in [-0.2, -0.15) is 11.8 Å². The van der Waals surface area contributed by atoms with Crippen LogP contribution in [0.1, 0.15) is 6.42 Å². The van der Waals surface area contributed by atoms with E-state index in [0.717, 1.165) is 12.0 Å². The average Bonchev–Trinajstić information content (AvgIpc) is 2.73. The maximum absolute atomic E-state index is 11.6. The number of nitrogens with one attached hydrogen (secondary N) is 1. The molecular weight excluding hydrogens is 272 g/mol. The van der Waals surface area contributed by atoms with Gasteiger partial charge in [-0.1, -0.05) is 0 Å². The third-order valence-electron chi connectivity index (χ3n) is 2.84. The highest BCUT2D eigenvalue weighted by Gasteiger charge is 2.31. The third kappa shape index (κ3) is 3.15. The molecule has 100 valence electrons. The molecule has 18 heavy (non-hydrogen) atoms. The third-order valence-corrected chi connectivity index (χ3v) is 5.20. The van der Waals surface area contributed by atoms with Crippen molar-refractivity contribution in [3.63, 3.8) is 0 Å². The molecule has 2 N–H and O–H groups in total. The highest BCUT2D eigenvalue weighted by atomic mass is 32.2. The number of aliphatic hydroxyl groups is 1. The Bertz CT molecular complexity index is 525. The molecule has 2 rings (SSSR count). The van der Waals surface area contributed by atoms with Crippen LogP contribution in [0.3, 0.4) is 0 Å². The quantitative estimate of drug-likeness (QED) is 0.852. The number of sulfone groups is 1. The van der Waals surface area contributed by atoms with E-state index in [0.29, 0.717) is 24.5 Å². The van der Waals surface area contributed by atoms with Crippen molar-refractivity contribution >= 4 is 27.4 Å². The molecule has 1 aromatic rings. The average molecular weight is 288 g/mol. The molecule has 2 heterocycles. The van der Waals surface area contributed by atoms with Crippen molar-refractivity contribution in [1.29, 1.82) is 0 Å². The molecule has 0 aliphatic carbocycles. The summed E-state index contributed by atoms with van der Waals surface area (Å²) in [6.45, 7) is 0.319. The van der Waals surface area contributed by atoms with E-state index in [1.807, 2.05) is 0 Å². The van der Waals surface area contributed by atoms with E-state index in [9.17, 15) is 13.5 Å². The zero-order valence-electron chi connectivity index (χ0n) is 10.1. The lowest BCUT2D eigenvalue weighted by atomic mass is 10.0. The SMILES string of the molecule is CS(=O)(=O)c1cccnc1NCC1(O)CCSC1. The van der Waals surface area contributed by atoms with Gasteiger partial charge in [-0.3, -0.25) is 0 Å². The Balaban J connectivity index is 2.15. The molecule has 0 amide bonds. The van der Waals surface area contributed by atoms with Crippen molar-refractivity contribution in [2.45, 2.75) is 16.9 Å². The second-order valence-corrected chi connectivity index (χ2v) is 7.59. The van der Waals surface area contributed by atoms with Gasteiger partial charge in [0.1, 0.15) is 10.7 Å². The highest BCUT2D eigenvalue weighted by Crippen LogP contribution is 2.28. The maximum atomic E-state index is 11.6. The number of hydrogen-bond acceptors (Lipinski definition) is 6. The zero-order chi connectivity index (χ0) is 13.2. The Morgan fingerprint density at radius 1 is 1.61 bits per heavy atom. The Kier molecular flexibility index (Phi) is 3.84. The van der Waals surface area contributed by atoms with Crippen LogP contribution in [-0.4, -0.2) is 48.4 Å². The summed E-state index contributed by atoms with van der Waals surface area (Å²) in [4.78, 5) is 4.20. The van der Waals surface area contributed by atoms with Crippen LogP contribution < -0.4 is 5.32 Å². The monoisotopic (exact) mass is 288 g/mol. The molecule has 1 saturated heterocycles. The largest absolute Gasteiger partial charge is 0.387 e. The molecule has 1 aliphatic rings. The minimum atomic E-state index is -3.31. The van der Waals surface area contributed by atoms with Crippen LogP contribution in [0.15, 0.2) is 23.2 Å². The van der Waals surface area contributed by atoms with E-state index in [1.54, 1.807) is 17.8 Å². The molecule has 0 aromatic carbocycles. The van der Waals surface area contributed by atoms with Gasteiger partial charge >= 0.3 is 0 Å². The van der Waals surface area contributed by atoms with E-state index in [-0.39, 0.29) is 4.90 Å². The first-order valence-electron chi connectivity index (χ1n) is 5.60. The molecular formula is C11H16N2O3S2. The second kappa shape index (κ2) is 5.07. The smallest absolute Gasteiger partial charge is 0.179 e. The van der Waals surface area contributed by atoms with Crippen LogP contribution in [0.5, 0.6) is 0 Å². The lowest BCUT2D eigenvalue weighted by Gasteiger charge is -2.22. The normalized spacial score (nSPS) is 24.1. The maximum Gasteiger partial charge on any atom is 0.179 e. The van der Waals surface area contributed by atoms with Gasteiger partial charge in [0.15, 0.2) is 9.84 Å². The first kappa shape index (κ1) is 13.6. The number of aromatic nitrogens is 1. The van der Waals surface area contributed by atoms with Gasteiger partial charge in [0.2, 0.25) is 0 Å². The van der Waals surface area contributed by atoms with Crippen molar-refractivity contribution in [2.24, 2.45) is 0 Å². The Labute approximate surface area is 111 Å². The summed E-state index contributed by atoms with van der Waals surface area (Å²) in [7, 11) is -3.31. The lowest BCUT2D eigenvalue weighted by Crippen LogP contribution is -2.37. The molecule has 1 unspecified atom stereocenters. The minimum Gasteiger partial charge on any atom is -0.387 e. The second-order valence-electron chi connectivity index (χ2n) is 4.50. The fraction of sp³-hybridized carbons (Fsp3) is 0.545. The minimum absolute atomic E-state index is 0.166. The first-order chi connectivity index (χ1) is 8.41. The molecule has 0 bridgehead atoms. The van der Waals surface area contributed by atoms with Crippen LogP contribution in [0.25, 0.3) is 0 Å². The summed E-state index contributed by atoms with van der Waals surface area (Å²) in [6.07, 6.45) is 3.39. The predicted octanol–water partition coefficient (Wildman–Crippen LogP) is 0.765. The van der Waals surface area contributed by atoms with Crippen LogP contribution in [-0.2, 0) is 9.84 Å². The van der Waals surface area contributed by atoms with E-state index in [4.69, 9.17) is 0 Å². The standard InChI is InChI=1S/C11H16N2O3S2/c1-18(15,16)9-3-2-5-12-10(9)13-7-11(14)4-6-17-8-11/h2-3,5,14H,4,6-8H2,1H3,(H,12,13). The van der Waals surface area contributed by atoms with Crippen molar-refractivity contribution in [3.05, 3.63) is 18.3 Å². The van der Waals surface area contributed by atoms with Crippen molar-refractivity contribution < 1.29 is 13.5 Å². The summed E-state index contributed by atoms with van der Waals surface area (Å²) in [6, 6.07) is 3.10. The van der Waals surface area contributed by atoms with E-state index < -0.39 is 15.4 Å². The summed E-state index contributed by atoms with van der Waals surface area (Å²) < 4.78 is 23.2. The van der Waals surface area contributed by atoms with Crippen LogP contribution in [0.2, 0.25) is 0 Å². The van der Waals surface area contributed by atoms with Crippen molar-refractivity contribution in [3.8, 4) is 0 Å². The number of pyridine rings is 1. The van der Waals surface area contributed by atoms with Crippen LogP contribution in [0, 0.1) is 0 Å². The van der Waals surface area contributed by atoms with Gasteiger partial charge in [0.05, 0.1) is 5.60 Å². The van der Waals surface area contributed by atoms with Gasteiger partial charge in [0, 0.05) is 24.8 Å².